The number of halogens is 1. The van der Waals surface area contributed by atoms with Gasteiger partial charge < -0.3 is 25.7 Å². The van der Waals surface area contributed by atoms with Crippen molar-refractivity contribution >= 4 is 34.9 Å². The van der Waals surface area contributed by atoms with Crippen molar-refractivity contribution < 1.29 is 9.53 Å². The lowest BCUT2D eigenvalue weighted by Gasteiger charge is -2.33. The Balaban J connectivity index is 1.52. The van der Waals surface area contributed by atoms with Gasteiger partial charge in [-0.05, 0) is 37.1 Å². The van der Waals surface area contributed by atoms with Gasteiger partial charge in [0.05, 0.1) is 16.3 Å². The number of carbonyl (C=O) groups excluding carboxylic acids is 1. The number of hydrogen-bond donors (Lipinski definition) is 4. The van der Waals surface area contributed by atoms with Crippen LogP contribution in [0.1, 0.15) is 29.8 Å². The molecule has 4 rings (SSSR count). The van der Waals surface area contributed by atoms with Gasteiger partial charge in [0.2, 0.25) is 5.91 Å². The summed E-state index contributed by atoms with van der Waals surface area (Å²) in [7, 11) is 0. The highest BCUT2D eigenvalue weighted by atomic mass is 35.5. The first-order valence-electron chi connectivity index (χ1n) is 10.7. The first kappa shape index (κ1) is 23.2. The van der Waals surface area contributed by atoms with Crippen molar-refractivity contribution in [1.82, 2.24) is 24.8 Å². The lowest BCUT2D eigenvalue weighted by atomic mass is 10.0. The Morgan fingerprint density at radius 3 is 3.00 bits per heavy atom. The first-order chi connectivity index (χ1) is 16.5. The standard InChI is InChI=1S/C23H25ClN8O2/c1-2-19(33)32-9-3-4-15(11-32)31-23-20(22(26)29-13-30-23)21(25)14-5-6-17(16(24)10-14)34-12-18-27-7-8-28-18/h2,5-8,10,13,15,25H,1,3-4,9,11-12H2,(H,27,28)(H3,26,29,30,31)/t15-/m1/s1. The van der Waals surface area contributed by atoms with E-state index in [9.17, 15) is 4.79 Å². The van der Waals surface area contributed by atoms with Crippen LogP contribution in [0.2, 0.25) is 5.02 Å². The van der Waals surface area contributed by atoms with E-state index >= 15 is 0 Å². The van der Waals surface area contributed by atoms with Gasteiger partial charge >= 0.3 is 0 Å². The smallest absolute Gasteiger partial charge is 0.246 e. The molecule has 1 aliphatic rings. The minimum absolute atomic E-state index is 0.0422. The lowest BCUT2D eigenvalue weighted by Crippen LogP contribution is -2.44. The third kappa shape index (κ3) is 5.18. The number of anilines is 2. The van der Waals surface area contributed by atoms with Crippen molar-refractivity contribution in [2.75, 3.05) is 24.1 Å². The number of hydrogen-bond acceptors (Lipinski definition) is 8. The number of aromatic amines is 1. The molecule has 1 aromatic carbocycles. The Morgan fingerprint density at radius 2 is 2.26 bits per heavy atom. The molecule has 5 N–H and O–H groups in total. The zero-order valence-corrected chi connectivity index (χ0v) is 19.2. The van der Waals surface area contributed by atoms with Crippen LogP contribution in [0.25, 0.3) is 0 Å². The third-order valence-corrected chi connectivity index (χ3v) is 5.81. The fourth-order valence-electron chi connectivity index (χ4n) is 3.81. The van der Waals surface area contributed by atoms with E-state index in [1.54, 1.807) is 35.5 Å². The number of amides is 1. The average Bonchev–Trinajstić information content (AvgIpc) is 3.36. The summed E-state index contributed by atoms with van der Waals surface area (Å²) in [5, 5.41) is 12.5. The fraction of sp³-hybridized carbons (Fsp3) is 0.261. The van der Waals surface area contributed by atoms with Crippen LogP contribution in [-0.4, -0.2) is 55.6 Å². The van der Waals surface area contributed by atoms with Gasteiger partial charge in [0, 0.05) is 37.1 Å². The Hall–Kier alpha value is -3.92. The van der Waals surface area contributed by atoms with Gasteiger partial charge in [-0.1, -0.05) is 18.2 Å². The number of benzene rings is 1. The SMILES string of the molecule is C=CC(=O)N1CCC[C@@H](Nc2ncnc(N)c2C(=N)c2ccc(OCc3ncc[nH]3)c(Cl)c2)C1. The number of piperidine rings is 1. The quantitative estimate of drug-likeness (QED) is 0.286. The van der Waals surface area contributed by atoms with Gasteiger partial charge in [0.1, 0.15) is 36.1 Å². The average molecular weight is 481 g/mol. The number of nitrogen functional groups attached to an aromatic ring is 1. The van der Waals surface area contributed by atoms with Crippen LogP contribution in [0.5, 0.6) is 5.75 Å². The number of rotatable bonds is 8. The highest BCUT2D eigenvalue weighted by molar-refractivity contribution is 6.32. The van der Waals surface area contributed by atoms with Crippen molar-refractivity contribution in [2.24, 2.45) is 0 Å². The summed E-state index contributed by atoms with van der Waals surface area (Å²) in [5.41, 5.74) is 7.18. The van der Waals surface area contributed by atoms with Crippen LogP contribution in [0.3, 0.4) is 0 Å². The maximum Gasteiger partial charge on any atom is 0.246 e. The Labute approximate surface area is 201 Å². The number of aromatic nitrogens is 4. The van der Waals surface area contributed by atoms with E-state index in [4.69, 9.17) is 27.5 Å². The second-order valence-electron chi connectivity index (χ2n) is 7.80. The highest BCUT2D eigenvalue weighted by Crippen LogP contribution is 2.29. The molecule has 0 saturated carbocycles. The van der Waals surface area contributed by atoms with Crippen LogP contribution < -0.4 is 15.8 Å². The van der Waals surface area contributed by atoms with Crippen LogP contribution in [0.15, 0.2) is 49.6 Å². The molecule has 34 heavy (non-hydrogen) atoms. The molecule has 0 radical (unpaired) electrons. The number of imidazole rings is 1. The van der Waals surface area contributed by atoms with Gasteiger partial charge in [-0.3, -0.25) is 10.2 Å². The van der Waals surface area contributed by atoms with Crippen molar-refractivity contribution in [3.8, 4) is 5.75 Å². The van der Waals surface area contributed by atoms with Crippen LogP contribution in [-0.2, 0) is 11.4 Å². The second-order valence-corrected chi connectivity index (χ2v) is 8.21. The van der Waals surface area contributed by atoms with Crippen molar-refractivity contribution in [3.05, 3.63) is 71.5 Å². The Kier molecular flexibility index (Phi) is 7.07. The van der Waals surface area contributed by atoms with E-state index < -0.39 is 0 Å². The summed E-state index contributed by atoms with van der Waals surface area (Å²) in [6.45, 7) is 5.00. The number of ether oxygens (including phenoxy) is 1. The van der Waals surface area contributed by atoms with Gasteiger partial charge in [0.15, 0.2) is 0 Å². The zero-order chi connectivity index (χ0) is 24.1. The molecule has 1 atom stereocenters. The zero-order valence-electron chi connectivity index (χ0n) is 18.4. The maximum absolute atomic E-state index is 12.0. The second kappa shape index (κ2) is 10.3. The summed E-state index contributed by atoms with van der Waals surface area (Å²) >= 11 is 6.42. The molecule has 10 nitrogen and oxygen atoms in total. The molecule has 176 valence electrons. The summed E-state index contributed by atoms with van der Waals surface area (Å²) in [6.07, 6.45) is 7.72. The number of nitrogens with one attached hydrogen (secondary N) is 3. The number of likely N-dealkylation sites (tertiary alicyclic amines) is 1. The minimum atomic E-state index is -0.106. The summed E-state index contributed by atoms with van der Waals surface area (Å²) in [5.74, 6) is 1.65. The molecular formula is C23H25ClN8O2. The normalized spacial score (nSPS) is 15.6. The van der Waals surface area contributed by atoms with Gasteiger partial charge in [-0.2, -0.15) is 0 Å². The van der Waals surface area contributed by atoms with Crippen molar-refractivity contribution in [2.45, 2.75) is 25.5 Å². The van der Waals surface area contributed by atoms with Crippen LogP contribution in [0.4, 0.5) is 11.6 Å². The largest absolute Gasteiger partial charge is 0.484 e. The Bertz CT molecular complexity index is 1200. The Morgan fingerprint density at radius 1 is 1.41 bits per heavy atom. The molecule has 0 spiro atoms. The fourth-order valence-corrected chi connectivity index (χ4v) is 4.05. The van der Waals surface area contributed by atoms with Gasteiger partial charge in [0.25, 0.3) is 0 Å². The number of nitrogens with zero attached hydrogens (tertiary/aromatic N) is 4. The molecule has 2 aromatic heterocycles. The molecule has 11 heteroatoms. The van der Waals surface area contributed by atoms with Crippen LogP contribution in [0, 0.1) is 5.41 Å². The number of H-pyrrole nitrogens is 1. The maximum atomic E-state index is 12.0. The lowest BCUT2D eigenvalue weighted by molar-refractivity contribution is -0.127. The molecule has 0 unspecified atom stereocenters. The highest BCUT2D eigenvalue weighted by Gasteiger charge is 2.25. The predicted octanol–water partition coefficient (Wildman–Crippen LogP) is 3.02. The molecule has 1 amide bonds. The van der Waals surface area contributed by atoms with E-state index in [1.807, 2.05) is 0 Å². The summed E-state index contributed by atoms with van der Waals surface area (Å²) < 4.78 is 5.71. The van der Waals surface area contributed by atoms with E-state index in [-0.39, 0.29) is 30.1 Å². The van der Waals surface area contributed by atoms with Crippen LogP contribution >= 0.6 is 11.6 Å². The molecule has 0 aliphatic carbocycles. The van der Waals surface area contributed by atoms with Gasteiger partial charge in [-0.15, -0.1) is 0 Å². The van der Waals surface area contributed by atoms with E-state index in [1.165, 1.54) is 12.4 Å². The first-order valence-corrected chi connectivity index (χ1v) is 11.1. The molecular weight excluding hydrogens is 456 g/mol. The molecule has 3 heterocycles. The third-order valence-electron chi connectivity index (χ3n) is 5.51. The monoisotopic (exact) mass is 480 g/mol. The van der Waals surface area contributed by atoms with E-state index in [2.05, 4.69) is 31.8 Å². The van der Waals surface area contributed by atoms with Gasteiger partial charge in [-0.25, -0.2) is 15.0 Å². The minimum Gasteiger partial charge on any atom is -0.484 e. The molecule has 1 saturated heterocycles. The molecule has 0 bridgehead atoms. The summed E-state index contributed by atoms with van der Waals surface area (Å²) in [4.78, 5) is 29.2. The van der Waals surface area contributed by atoms with Crippen molar-refractivity contribution in [1.29, 1.82) is 5.41 Å². The van der Waals surface area contributed by atoms with E-state index in [0.29, 0.717) is 46.6 Å². The molecule has 1 aliphatic heterocycles. The molecule has 3 aromatic rings. The summed E-state index contributed by atoms with van der Waals surface area (Å²) in [6, 6.07) is 5.03. The molecule has 1 fully saturated rings. The number of carbonyl (C=O) groups is 1. The van der Waals surface area contributed by atoms with E-state index in [0.717, 1.165) is 12.8 Å². The number of nitrogens with two attached hydrogens (primary N) is 1. The predicted molar refractivity (Wildman–Crippen MR) is 130 cm³/mol. The van der Waals surface area contributed by atoms with Crippen molar-refractivity contribution in [3.63, 3.8) is 0 Å². The topological polar surface area (TPSA) is 146 Å².